The van der Waals surface area contributed by atoms with Crippen molar-refractivity contribution < 1.29 is 9.59 Å². The fourth-order valence-electron chi connectivity index (χ4n) is 3.04. The molecule has 24 heavy (non-hydrogen) atoms. The molecule has 1 aliphatic rings. The molecule has 3 N–H and O–H groups in total. The molecule has 5 nitrogen and oxygen atoms in total. The van der Waals surface area contributed by atoms with Crippen molar-refractivity contribution in [2.75, 3.05) is 11.9 Å². The number of para-hydroxylation sites is 1. The van der Waals surface area contributed by atoms with Crippen LogP contribution in [-0.4, -0.2) is 24.5 Å². The Balaban J connectivity index is 2.18. The van der Waals surface area contributed by atoms with Crippen LogP contribution in [0.1, 0.15) is 44.2 Å². The number of rotatable bonds is 5. The van der Waals surface area contributed by atoms with Crippen LogP contribution in [0.15, 0.2) is 30.9 Å². The van der Waals surface area contributed by atoms with Gasteiger partial charge in [-0.25, -0.2) is 4.79 Å². The summed E-state index contributed by atoms with van der Waals surface area (Å²) in [5.74, 6) is 0.284. The van der Waals surface area contributed by atoms with Gasteiger partial charge in [-0.3, -0.25) is 4.79 Å². The molecule has 0 saturated carbocycles. The Morgan fingerprint density at radius 3 is 2.83 bits per heavy atom. The van der Waals surface area contributed by atoms with Gasteiger partial charge in [0.1, 0.15) is 6.04 Å². The van der Waals surface area contributed by atoms with Crippen molar-refractivity contribution in [3.8, 4) is 0 Å². The number of amides is 3. The normalized spacial score (nSPS) is 20.4. The lowest BCUT2D eigenvalue weighted by Crippen LogP contribution is -2.55. The summed E-state index contributed by atoms with van der Waals surface area (Å²) in [5, 5.41) is 8.57. The van der Waals surface area contributed by atoms with Crippen LogP contribution >= 0.6 is 0 Å². The molecule has 0 radical (unpaired) electrons. The number of allylic oxidation sites excluding steroid dienone is 1. The fraction of sp³-hybridized carbons (Fsp3) is 0.474. The number of hydrogen-bond donors (Lipinski definition) is 3. The third-order valence-electron chi connectivity index (χ3n) is 4.44. The third-order valence-corrected chi connectivity index (χ3v) is 4.44. The lowest BCUT2D eigenvalue weighted by Gasteiger charge is -2.29. The zero-order valence-electron chi connectivity index (χ0n) is 14.7. The van der Waals surface area contributed by atoms with E-state index >= 15 is 0 Å². The molecule has 1 heterocycles. The lowest BCUT2D eigenvalue weighted by molar-refractivity contribution is -0.125. The number of piperidine rings is 1. The SMILES string of the molecule is C=CCc1cccc(C(C)C)c1NC(=O)N[C@@H]1C(=O)NCC[C@@H]1C. The van der Waals surface area contributed by atoms with Crippen LogP contribution in [0.4, 0.5) is 10.5 Å². The molecule has 0 aromatic heterocycles. The summed E-state index contributed by atoms with van der Waals surface area (Å²) in [4.78, 5) is 24.4. The molecule has 1 aromatic rings. The molecule has 2 rings (SSSR count). The second kappa shape index (κ2) is 7.99. The largest absolute Gasteiger partial charge is 0.354 e. The second-order valence-electron chi connectivity index (χ2n) is 6.66. The Hall–Kier alpha value is -2.30. The summed E-state index contributed by atoms with van der Waals surface area (Å²) < 4.78 is 0. The number of carbonyl (C=O) groups excluding carboxylic acids is 2. The molecule has 1 aromatic carbocycles. The third kappa shape index (κ3) is 4.16. The van der Waals surface area contributed by atoms with Crippen LogP contribution in [0.3, 0.4) is 0 Å². The molecule has 0 spiro atoms. The molecule has 0 bridgehead atoms. The first-order valence-corrected chi connectivity index (χ1v) is 8.52. The number of anilines is 1. The van der Waals surface area contributed by atoms with Crippen LogP contribution in [0, 0.1) is 5.92 Å². The summed E-state index contributed by atoms with van der Waals surface area (Å²) in [6.07, 6.45) is 3.36. The van der Waals surface area contributed by atoms with Gasteiger partial charge in [0.2, 0.25) is 5.91 Å². The maximum atomic E-state index is 12.5. The van der Waals surface area contributed by atoms with Crippen LogP contribution in [0.5, 0.6) is 0 Å². The Bertz CT molecular complexity index is 625. The standard InChI is InChI=1S/C19H27N3O2/c1-5-7-14-8-6-9-15(12(2)3)17(14)22-19(24)21-16-13(4)10-11-20-18(16)23/h5-6,8-9,12-13,16H,1,7,10-11H2,2-4H3,(H,20,23)(H2,21,22,24)/t13-,16-/m0/s1. The zero-order chi connectivity index (χ0) is 17.7. The van der Waals surface area contributed by atoms with Crippen molar-refractivity contribution in [3.63, 3.8) is 0 Å². The highest BCUT2D eigenvalue weighted by Crippen LogP contribution is 2.28. The number of hydrogen-bond acceptors (Lipinski definition) is 2. The molecule has 130 valence electrons. The summed E-state index contributed by atoms with van der Waals surface area (Å²) in [6.45, 7) is 10.6. The second-order valence-corrected chi connectivity index (χ2v) is 6.66. The van der Waals surface area contributed by atoms with E-state index in [2.05, 4.69) is 36.4 Å². The number of benzene rings is 1. The van der Waals surface area contributed by atoms with Crippen LogP contribution in [-0.2, 0) is 11.2 Å². The minimum atomic E-state index is -0.493. The minimum Gasteiger partial charge on any atom is -0.354 e. The van der Waals surface area contributed by atoms with Crippen LogP contribution < -0.4 is 16.0 Å². The topological polar surface area (TPSA) is 70.2 Å². The highest BCUT2D eigenvalue weighted by Gasteiger charge is 2.30. The van der Waals surface area contributed by atoms with Crippen molar-refractivity contribution in [2.24, 2.45) is 5.92 Å². The first-order valence-electron chi connectivity index (χ1n) is 8.52. The molecule has 2 atom stereocenters. The molecule has 3 amide bonds. The predicted molar refractivity (Wildman–Crippen MR) is 97.2 cm³/mol. The Morgan fingerprint density at radius 2 is 2.21 bits per heavy atom. The lowest BCUT2D eigenvalue weighted by atomic mass is 9.94. The number of nitrogens with one attached hydrogen (secondary N) is 3. The Labute approximate surface area is 143 Å². The maximum Gasteiger partial charge on any atom is 0.319 e. The smallest absolute Gasteiger partial charge is 0.319 e. The highest BCUT2D eigenvalue weighted by atomic mass is 16.2. The average Bonchev–Trinajstić information content (AvgIpc) is 2.52. The molecule has 1 fully saturated rings. The van der Waals surface area contributed by atoms with E-state index in [1.807, 2.05) is 31.2 Å². The van der Waals surface area contributed by atoms with Crippen molar-refractivity contribution in [3.05, 3.63) is 42.0 Å². The summed E-state index contributed by atoms with van der Waals surface area (Å²) in [6, 6.07) is 5.16. The van der Waals surface area contributed by atoms with E-state index in [4.69, 9.17) is 0 Å². The van der Waals surface area contributed by atoms with E-state index in [-0.39, 0.29) is 23.8 Å². The Morgan fingerprint density at radius 1 is 1.46 bits per heavy atom. The van der Waals surface area contributed by atoms with Gasteiger partial charge < -0.3 is 16.0 Å². The van der Waals surface area contributed by atoms with Gasteiger partial charge in [0.05, 0.1) is 0 Å². The fourth-order valence-corrected chi connectivity index (χ4v) is 3.04. The zero-order valence-corrected chi connectivity index (χ0v) is 14.7. The van der Waals surface area contributed by atoms with Gasteiger partial charge in [-0.15, -0.1) is 6.58 Å². The van der Waals surface area contributed by atoms with Crippen molar-refractivity contribution >= 4 is 17.6 Å². The van der Waals surface area contributed by atoms with E-state index in [1.165, 1.54) is 0 Å². The predicted octanol–water partition coefficient (Wildman–Crippen LogP) is 3.18. The van der Waals surface area contributed by atoms with Gasteiger partial charge in [-0.2, -0.15) is 0 Å². The molecule has 5 heteroatoms. The minimum absolute atomic E-state index is 0.118. The molecule has 1 aliphatic heterocycles. The molecular formula is C19H27N3O2. The van der Waals surface area contributed by atoms with Gasteiger partial charge in [0.15, 0.2) is 0 Å². The Kier molecular flexibility index (Phi) is 6.01. The molecule has 0 aliphatic carbocycles. The van der Waals surface area contributed by atoms with Gasteiger partial charge >= 0.3 is 6.03 Å². The van der Waals surface area contributed by atoms with E-state index < -0.39 is 6.04 Å². The first kappa shape index (κ1) is 18.0. The summed E-state index contributed by atoms with van der Waals surface area (Å²) >= 11 is 0. The van der Waals surface area contributed by atoms with Crippen LogP contribution in [0.25, 0.3) is 0 Å². The van der Waals surface area contributed by atoms with Gasteiger partial charge in [0.25, 0.3) is 0 Å². The van der Waals surface area contributed by atoms with Crippen molar-refractivity contribution in [2.45, 2.75) is 45.6 Å². The molecule has 0 unspecified atom stereocenters. The monoisotopic (exact) mass is 329 g/mol. The van der Waals surface area contributed by atoms with Crippen molar-refractivity contribution in [1.29, 1.82) is 0 Å². The van der Waals surface area contributed by atoms with Gasteiger partial charge in [0, 0.05) is 12.2 Å². The summed E-state index contributed by atoms with van der Waals surface area (Å²) in [5.41, 5.74) is 2.91. The highest BCUT2D eigenvalue weighted by molar-refractivity contribution is 5.95. The maximum absolute atomic E-state index is 12.5. The first-order chi connectivity index (χ1) is 11.4. The van der Waals surface area contributed by atoms with E-state index in [0.29, 0.717) is 13.0 Å². The van der Waals surface area contributed by atoms with E-state index in [9.17, 15) is 9.59 Å². The quantitative estimate of drug-likeness (QED) is 0.726. The average molecular weight is 329 g/mol. The van der Waals surface area contributed by atoms with Crippen molar-refractivity contribution in [1.82, 2.24) is 10.6 Å². The molecule has 1 saturated heterocycles. The van der Waals surface area contributed by atoms with E-state index in [1.54, 1.807) is 0 Å². The summed E-state index contributed by atoms with van der Waals surface area (Å²) in [7, 11) is 0. The van der Waals surface area contributed by atoms with Gasteiger partial charge in [-0.05, 0) is 35.8 Å². The molecular weight excluding hydrogens is 302 g/mol. The number of carbonyl (C=O) groups is 2. The number of urea groups is 1. The van der Waals surface area contributed by atoms with Gasteiger partial charge in [-0.1, -0.05) is 45.0 Å². The van der Waals surface area contributed by atoms with E-state index in [0.717, 1.165) is 23.2 Å². The van der Waals surface area contributed by atoms with Crippen LogP contribution in [0.2, 0.25) is 0 Å².